The van der Waals surface area contributed by atoms with Gasteiger partial charge in [-0.2, -0.15) is 0 Å². The minimum Gasteiger partial charge on any atom is -0.497 e. The Balaban J connectivity index is 2.10. The van der Waals surface area contributed by atoms with Crippen LogP contribution in [0.4, 0.5) is 0 Å². The molecule has 0 amide bonds. The van der Waals surface area contributed by atoms with E-state index >= 15 is 0 Å². The molecule has 0 spiro atoms. The van der Waals surface area contributed by atoms with Crippen molar-refractivity contribution in [1.82, 2.24) is 0 Å². The third kappa shape index (κ3) is 2.53. The lowest BCUT2D eigenvalue weighted by Crippen LogP contribution is -2.14. The van der Waals surface area contributed by atoms with Gasteiger partial charge in [-0.25, -0.2) is 0 Å². The summed E-state index contributed by atoms with van der Waals surface area (Å²) in [5, 5.41) is 8.93. The number of rotatable bonds is 4. The number of carbonyl (C=O) groups is 2. The molecule has 18 heavy (non-hydrogen) atoms. The number of hydrogen-bond donors (Lipinski definition) is 1. The zero-order chi connectivity index (χ0) is 13.1. The van der Waals surface area contributed by atoms with Crippen molar-refractivity contribution in [2.24, 2.45) is 11.8 Å². The number of ketones is 1. The molecule has 2 rings (SSSR count). The molecule has 1 N–H and O–H groups in total. The fourth-order valence-corrected chi connectivity index (χ4v) is 2.46. The van der Waals surface area contributed by atoms with Crippen LogP contribution in [-0.4, -0.2) is 24.0 Å². The van der Waals surface area contributed by atoms with Gasteiger partial charge in [-0.1, -0.05) is 12.1 Å². The molecule has 0 saturated heterocycles. The first-order chi connectivity index (χ1) is 8.61. The molecular weight excluding hydrogens is 232 g/mol. The Hall–Kier alpha value is -1.84. The van der Waals surface area contributed by atoms with E-state index in [-0.39, 0.29) is 17.6 Å². The molecule has 96 valence electrons. The zero-order valence-electron chi connectivity index (χ0n) is 10.3. The van der Waals surface area contributed by atoms with E-state index in [1.807, 2.05) is 0 Å². The van der Waals surface area contributed by atoms with Gasteiger partial charge in [0, 0.05) is 11.5 Å². The standard InChI is InChI=1S/C14H16O4/c1-18-12-4-2-3-9(8-12)13(15)10-5-6-11(7-10)14(16)17/h2-4,8,10-11H,5-7H2,1H3,(H,16,17)/t10-,11+/m1/s1. The van der Waals surface area contributed by atoms with Crippen molar-refractivity contribution in [2.75, 3.05) is 7.11 Å². The molecule has 4 heteroatoms. The highest BCUT2D eigenvalue weighted by Gasteiger charge is 2.34. The second kappa shape index (κ2) is 5.21. The van der Waals surface area contributed by atoms with Gasteiger partial charge in [0.25, 0.3) is 0 Å². The molecule has 0 heterocycles. The predicted molar refractivity (Wildman–Crippen MR) is 65.8 cm³/mol. The molecule has 1 fully saturated rings. The molecule has 1 aliphatic carbocycles. The predicted octanol–water partition coefficient (Wildman–Crippen LogP) is 2.38. The van der Waals surface area contributed by atoms with Crippen LogP contribution in [0.15, 0.2) is 24.3 Å². The largest absolute Gasteiger partial charge is 0.497 e. The Morgan fingerprint density at radius 2 is 2.00 bits per heavy atom. The average molecular weight is 248 g/mol. The first-order valence-electron chi connectivity index (χ1n) is 6.03. The number of ether oxygens (including phenoxy) is 1. The summed E-state index contributed by atoms with van der Waals surface area (Å²) in [5.41, 5.74) is 0.602. The Morgan fingerprint density at radius 1 is 1.28 bits per heavy atom. The molecule has 4 nitrogen and oxygen atoms in total. The van der Waals surface area contributed by atoms with Crippen molar-refractivity contribution in [3.8, 4) is 5.75 Å². The smallest absolute Gasteiger partial charge is 0.306 e. The number of aliphatic carboxylic acids is 1. The van der Waals surface area contributed by atoms with E-state index in [1.165, 1.54) is 0 Å². The van der Waals surface area contributed by atoms with Gasteiger partial charge >= 0.3 is 5.97 Å². The summed E-state index contributed by atoms with van der Waals surface area (Å²) in [6, 6.07) is 7.01. The van der Waals surface area contributed by atoms with Crippen LogP contribution in [-0.2, 0) is 4.79 Å². The van der Waals surface area contributed by atoms with Gasteiger partial charge in [-0.05, 0) is 31.4 Å². The topological polar surface area (TPSA) is 63.6 Å². The van der Waals surface area contributed by atoms with Crippen molar-refractivity contribution in [2.45, 2.75) is 19.3 Å². The average Bonchev–Trinajstić information content (AvgIpc) is 2.87. The quantitative estimate of drug-likeness (QED) is 0.831. The molecule has 1 aromatic carbocycles. The third-order valence-electron chi connectivity index (χ3n) is 3.51. The van der Waals surface area contributed by atoms with Crippen LogP contribution in [0.25, 0.3) is 0 Å². The second-order valence-corrected chi connectivity index (χ2v) is 4.64. The maximum Gasteiger partial charge on any atom is 0.306 e. The Kier molecular flexibility index (Phi) is 3.65. The molecule has 0 bridgehead atoms. The minimum absolute atomic E-state index is 0.0256. The van der Waals surface area contributed by atoms with Gasteiger partial charge in [-0.3, -0.25) is 9.59 Å². The fraction of sp³-hybridized carbons (Fsp3) is 0.429. The molecule has 1 aliphatic rings. The van der Waals surface area contributed by atoms with Crippen LogP contribution in [0.3, 0.4) is 0 Å². The SMILES string of the molecule is COc1cccc(C(=O)[C@@H]2CC[C@H](C(=O)O)C2)c1. The normalized spacial score (nSPS) is 22.7. The molecule has 0 aromatic heterocycles. The van der Waals surface area contributed by atoms with Gasteiger partial charge in [-0.15, -0.1) is 0 Å². The maximum atomic E-state index is 12.2. The molecule has 1 saturated carbocycles. The highest BCUT2D eigenvalue weighted by molar-refractivity contribution is 5.98. The minimum atomic E-state index is -0.795. The van der Waals surface area contributed by atoms with Crippen LogP contribution in [0.5, 0.6) is 5.75 Å². The Bertz CT molecular complexity index is 467. The zero-order valence-corrected chi connectivity index (χ0v) is 10.3. The lowest BCUT2D eigenvalue weighted by molar-refractivity contribution is -0.141. The first-order valence-corrected chi connectivity index (χ1v) is 6.03. The van der Waals surface area contributed by atoms with Crippen LogP contribution in [0.2, 0.25) is 0 Å². The number of carboxylic acids is 1. The number of hydrogen-bond acceptors (Lipinski definition) is 3. The molecule has 0 radical (unpaired) electrons. The van der Waals surface area contributed by atoms with Crippen molar-refractivity contribution in [1.29, 1.82) is 0 Å². The summed E-state index contributed by atoms with van der Waals surface area (Å²) in [6.45, 7) is 0. The summed E-state index contributed by atoms with van der Waals surface area (Å²) in [7, 11) is 1.56. The van der Waals surface area contributed by atoms with Gasteiger partial charge in [0.2, 0.25) is 0 Å². The lowest BCUT2D eigenvalue weighted by Gasteiger charge is -2.09. The van der Waals surface area contributed by atoms with Crippen LogP contribution >= 0.6 is 0 Å². The van der Waals surface area contributed by atoms with Gasteiger partial charge < -0.3 is 9.84 Å². The number of carbonyl (C=O) groups excluding carboxylic acids is 1. The molecule has 1 aromatic rings. The van der Waals surface area contributed by atoms with E-state index in [0.29, 0.717) is 30.6 Å². The Morgan fingerprint density at radius 3 is 2.61 bits per heavy atom. The second-order valence-electron chi connectivity index (χ2n) is 4.64. The van der Waals surface area contributed by atoms with E-state index in [9.17, 15) is 9.59 Å². The third-order valence-corrected chi connectivity index (χ3v) is 3.51. The van der Waals surface area contributed by atoms with Gasteiger partial charge in [0.05, 0.1) is 13.0 Å². The van der Waals surface area contributed by atoms with Crippen LogP contribution < -0.4 is 4.74 Å². The van der Waals surface area contributed by atoms with Crippen molar-refractivity contribution < 1.29 is 19.4 Å². The van der Waals surface area contributed by atoms with E-state index in [2.05, 4.69) is 0 Å². The van der Waals surface area contributed by atoms with E-state index in [4.69, 9.17) is 9.84 Å². The van der Waals surface area contributed by atoms with Crippen molar-refractivity contribution in [3.05, 3.63) is 29.8 Å². The molecule has 2 atom stereocenters. The number of Topliss-reactive ketones (excluding diaryl/α,β-unsaturated/α-hetero) is 1. The number of carboxylic acid groups (broad SMARTS) is 1. The monoisotopic (exact) mass is 248 g/mol. The lowest BCUT2D eigenvalue weighted by atomic mass is 9.95. The summed E-state index contributed by atoms with van der Waals surface area (Å²) < 4.78 is 5.08. The van der Waals surface area contributed by atoms with Gasteiger partial charge in [0.15, 0.2) is 5.78 Å². The number of benzene rings is 1. The van der Waals surface area contributed by atoms with Gasteiger partial charge in [0.1, 0.15) is 5.75 Å². The van der Waals surface area contributed by atoms with E-state index < -0.39 is 5.97 Å². The summed E-state index contributed by atoms with van der Waals surface area (Å²) in [5.74, 6) is -0.662. The van der Waals surface area contributed by atoms with Crippen molar-refractivity contribution >= 4 is 11.8 Å². The fourth-order valence-electron chi connectivity index (χ4n) is 2.46. The maximum absolute atomic E-state index is 12.2. The van der Waals surface area contributed by atoms with Crippen LogP contribution in [0, 0.1) is 11.8 Å². The van der Waals surface area contributed by atoms with E-state index in [0.717, 1.165) is 0 Å². The van der Waals surface area contributed by atoms with Crippen molar-refractivity contribution in [3.63, 3.8) is 0 Å². The summed E-state index contributed by atoms with van der Waals surface area (Å²) in [6.07, 6.45) is 1.70. The molecular formula is C14H16O4. The van der Waals surface area contributed by atoms with Crippen LogP contribution in [0.1, 0.15) is 29.6 Å². The molecule has 0 unspecified atom stereocenters. The Labute approximate surface area is 106 Å². The summed E-state index contributed by atoms with van der Waals surface area (Å²) >= 11 is 0. The molecule has 0 aliphatic heterocycles. The van der Waals surface area contributed by atoms with E-state index in [1.54, 1.807) is 31.4 Å². The highest BCUT2D eigenvalue weighted by Crippen LogP contribution is 2.33. The first kappa shape index (κ1) is 12.6. The highest BCUT2D eigenvalue weighted by atomic mass is 16.5. The number of methoxy groups -OCH3 is 1. The summed E-state index contributed by atoms with van der Waals surface area (Å²) in [4.78, 5) is 23.1.